The molecular formula is C13H16N2O2S. The predicted octanol–water partition coefficient (Wildman–Crippen LogP) is 3.19. The van der Waals surface area contributed by atoms with E-state index in [9.17, 15) is 0 Å². The van der Waals surface area contributed by atoms with Crippen molar-refractivity contribution in [2.75, 3.05) is 18.9 Å². The minimum absolute atomic E-state index is 0.550. The Kier molecular flexibility index (Phi) is 4.04. The van der Waals surface area contributed by atoms with Crippen molar-refractivity contribution >= 4 is 16.5 Å². The summed E-state index contributed by atoms with van der Waals surface area (Å²) in [7, 11) is 0. The number of nitrogens with two attached hydrogens (primary N) is 1. The van der Waals surface area contributed by atoms with Gasteiger partial charge in [0.1, 0.15) is 11.5 Å². The number of hydrogen-bond acceptors (Lipinski definition) is 5. The topological polar surface area (TPSA) is 57.4 Å². The highest BCUT2D eigenvalue weighted by Crippen LogP contribution is 2.34. The molecule has 2 rings (SSSR count). The quantitative estimate of drug-likeness (QED) is 0.901. The lowest BCUT2D eigenvalue weighted by Gasteiger charge is -2.11. The molecule has 0 aliphatic heterocycles. The lowest BCUT2D eigenvalue weighted by molar-refractivity contribution is 0.331. The van der Waals surface area contributed by atoms with Gasteiger partial charge >= 0.3 is 0 Å². The molecule has 0 radical (unpaired) electrons. The Labute approximate surface area is 110 Å². The van der Waals surface area contributed by atoms with E-state index in [0.717, 1.165) is 22.8 Å². The van der Waals surface area contributed by atoms with Gasteiger partial charge in [0, 0.05) is 10.9 Å². The maximum absolute atomic E-state index is 5.67. The summed E-state index contributed by atoms with van der Waals surface area (Å²) in [6.45, 7) is 5.15. The third-order valence-electron chi connectivity index (χ3n) is 2.36. The van der Waals surface area contributed by atoms with Gasteiger partial charge in [0.05, 0.1) is 18.9 Å². The molecule has 0 saturated carbocycles. The molecule has 2 N–H and O–H groups in total. The van der Waals surface area contributed by atoms with Crippen LogP contribution in [-0.4, -0.2) is 18.2 Å². The highest BCUT2D eigenvalue weighted by molar-refractivity contribution is 7.13. The summed E-state index contributed by atoms with van der Waals surface area (Å²) in [5.74, 6) is 1.61. The van der Waals surface area contributed by atoms with Gasteiger partial charge in [-0.25, -0.2) is 4.98 Å². The summed E-state index contributed by atoms with van der Waals surface area (Å²) in [6.07, 6.45) is 0. The molecule has 0 spiro atoms. The molecule has 0 bridgehead atoms. The van der Waals surface area contributed by atoms with Crippen LogP contribution in [0.2, 0.25) is 0 Å². The Morgan fingerprint density at radius 2 is 2.00 bits per heavy atom. The molecule has 1 heterocycles. The number of hydrogen-bond donors (Lipinski definition) is 1. The molecule has 0 amide bonds. The molecule has 18 heavy (non-hydrogen) atoms. The molecule has 5 heteroatoms. The standard InChI is InChI=1S/C13H16N2O2S/c1-3-16-9-5-6-12(17-4-2)10(7-9)11-8-18-13(14)15-11/h5-8H,3-4H2,1-2H3,(H2,14,15). The van der Waals surface area contributed by atoms with Gasteiger partial charge in [-0.05, 0) is 32.0 Å². The summed E-state index contributed by atoms with van der Waals surface area (Å²) in [6, 6.07) is 5.73. The zero-order valence-electron chi connectivity index (χ0n) is 10.5. The summed E-state index contributed by atoms with van der Waals surface area (Å²) >= 11 is 1.42. The van der Waals surface area contributed by atoms with E-state index >= 15 is 0 Å². The fourth-order valence-corrected chi connectivity index (χ4v) is 2.22. The first-order chi connectivity index (χ1) is 8.74. The average Bonchev–Trinajstić information content (AvgIpc) is 2.78. The Balaban J connectivity index is 2.43. The third-order valence-corrected chi connectivity index (χ3v) is 3.03. The summed E-state index contributed by atoms with van der Waals surface area (Å²) in [4.78, 5) is 4.29. The fourth-order valence-electron chi connectivity index (χ4n) is 1.66. The highest BCUT2D eigenvalue weighted by atomic mass is 32.1. The molecule has 0 aliphatic carbocycles. The van der Waals surface area contributed by atoms with Gasteiger partial charge in [-0.3, -0.25) is 0 Å². The SMILES string of the molecule is CCOc1ccc(OCC)c(-c2csc(N)n2)c1. The largest absolute Gasteiger partial charge is 0.494 e. The van der Waals surface area contributed by atoms with E-state index in [2.05, 4.69) is 4.98 Å². The van der Waals surface area contributed by atoms with Gasteiger partial charge in [-0.15, -0.1) is 11.3 Å². The van der Waals surface area contributed by atoms with Gasteiger partial charge in [-0.2, -0.15) is 0 Å². The second-order valence-corrected chi connectivity index (χ2v) is 4.48. The normalized spacial score (nSPS) is 10.3. The molecule has 0 atom stereocenters. The first-order valence-electron chi connectivity index (χ1n) is 5.85. The van der Waals surface area contributed by atoms with E-state index in [1.54, 1.807) is 0 Å². The monoisotopic (exact) mass is 264 g/mol. The van der Waals surface area contributed by atoms with Crippen LogP contribution in [0.4, 0.5) is 5.13 Å². The van der Waals surface area contributed by atoms with E-state index in [0.29, 0.717) is 18.3 Å². The Morgan fingerprint density at radius 3 is 2.61 bits per heavy atom. The van der Waals surface area contributed by atoms with Crippen LogP contribution in [0.3, 0.4) is 0 Å². The van der Waals surface area contributed by atoms with Crippen LogP contribution in [0, 0.1) is 0 Å². The van der Waals surface area contributed by atoms with E-state index in [1.165, 1.54) is 11.3 Å². The molecule has 4 nitrogen and oxygen atoms in total. The van der Waals surface area contributed by atoms with Gasteiger partial charge < -0.3 is 15.2 Å². The Bertz CT molecular complexity index is 525. The molecule has 1 aromatic carbocycles. The van der Waals surface area contributed by atoms with Gasteiger partial charge in [0.15, 0.2) is 5.13 Å². The smallest absolute Gasteiger partial charge is 0.180 e. The number of rotatable bonds is 5. The zero-order chi connectivity index (χ0) is 13.0. The van der Waals surface area contributed by atoms with Crippen molar-refractivity contribution in [2.45, 2.75) is 13.8 Å². The number of nitrogens with zero attached hydrogens (tertiary/aromatic N) is 1. The molecule has 2 aromatic rings. The van der Waals surface area contributed by atoms with Gasteiger partial charge in [0.2, 0.25) is 0 Å². The van der Waals surface area contributed by atoms with Crippen LogP contribution >= 0.6 is 11.3 Å². The summed E-state index contributed by atoms with van der Waals surface area (Å²) in [5, 5.41) is 2.47. The van der Waals surface area contributed by atoms with Crippen molar-refractivity contribution < 1.29 is 9.47 Å². The molecule has 96 valence electrons. The number of anilines is 1. The molecule has 1 aromatic heterocycles. The van der Waals surface area contributed by atoms with E-state index in [1.807, 2.05) is 37.4 Å². The van der Waals surface area contributed by atoms with E-state index in [-0.39, 0.29) is 0 Å². The second kappa shape index (κ2) is 5.73. The van der Waals surface area contributed by atoms with Crippen LogP contribution in [0.15, 0.2) is 23.6 Å². The van der Waals surface area contributed by atoms with Gasteiger partial charge in [-0.1, -0.05) is 0 Å². The maximum atomic E-state index is 5.67. The van der Waals surface area contributed by atoms with Crippen LogP contribution in [0.25, 0.3) is 11.3 Å². The van der Waals surface area contributed by atoms with Crippen molar-refractivity contribution in [3.8, 4) is 22.8 Å². The lowest BCUT2D eigenvalue weighted by atomic mass is 10.1. The third kappa shape index (κ3) is 2.73. The number of benzene rings is 1. The van der Waals surface area contributed by atoms with Gasteiger partial charge in [0.25, 0.3) is 0 Å². The van der Waals surface area contributed by atoms with Crippen molar-refractivity contribution in [3.63, 3.8) is 0 Å². The predicted molar refractivity (Wildman–Crippen MR) is 74.3 cm³/mol. The van der Waals surface area contributed by atoms with Crippen LogP contribution in [0.5, 0.6) is 11.5 Å². The van der Waals surface area contributed by atoms with Crippen molar-refractivity contribution in [1.29, 1.82) is 0 Å². The number of nitrogen functional groups attached to an aromatic ring is 1. The van der Waals surface area contributed by atoms with E-state index in [4.69, 9.17) is 15.2 Å². The molecular weight excluding hydrogens is 248 g/mol. The fraction of sp³-hybridized carbons (Fsp3) is 0.308. The highest BCUT2D eigenvalue weighted by Gasteiger charge is 2.11. The van der Waals surface area contributed by atoms with E-state index < -0.39 is 0 Å². The van der Waals surface area contributed by atoms with Crippen molar-refractivity contribution in [2.24, 2.45) is 0 Å². The first kappa shape index (κ1) is 12.7. The zero-order valence-corrected chi connectivity index (χ0v) is 11.3. The van der Waals surface area contributed by atoms with Crippen LogP contribution in [0.1, 0.15) is 13.8 Å². The van der Waals surface area contributed by atoms with Crippen molar-refractivity contribution in [3.05, 3.63) is 23.6 Å². The number of aromatic nitrogens is 1. The van der Waals surface area contributed by atoms with Crippen LogP contribution < -0.4 is 15.2 Å². The molecule has 0 unspecified atom stereocenters. The lowest BCUT2D eigenvalue weighted by Crippen LogP contribution is -1.97. The minimum Gasteiger partial charge on any atom is -0.494 e. The summed E-state index contributed by atoms with van der Waals surface area (Å²) < 4.78 is 11.1. The molecule has 0 aliphatic rings. The van der Waals surface area contributed by atoms with Crippen LogP contribution in [-0.2, 0) is 0 Å². The minimum atomic E-state index is 0.550. The summed E-state index contributed by atoms with van der Waals surface area (Å²) in [5.41, 5.74) is 7.41. The van der Waals surface area contributed by atoms with Crippen molar-refractivity contribution in [1.82, 2.24) is 4.98 Å². The number of ether oxygens (including phenoxy) is 2. The number of thiazole rings is 1. The first-order valence-corrected chi connectivity index (χ1v) is 6.73. The Morgan fingerprint density at radius 1 is 1.22 bits per heavy atom. The molecule has 0 fully saturated rings. The second-order valence-electron chi connectivity index (χ2n) is 3.59. The maximum Gasteiger partial charge on any atom is 0.180 e. The molecule has 0 saturated heterocycles. The Hall–Kier alpha value is -1.75. The average molecular weight is 264 g/mol.